The molecule has 1 aliphatic heterocycles. The van der Waals surface area contributed by atoms with Gasteiger partial charge in [0.05, 0.1) is 6.04 Å². The highest BCUT2D eigenvalue weighted by molar-refractivity contribution is 8.14. The van der Waals surface area contributed by atoms with Crippen molar-refractivity contribution in [3.05, 3.63) is 34.2 Å². The van der Waals surface area contributed by atoms with Gasteiger partial charge in [0.15, 0.2) is 5.17 Å². The second kappa shape index (κ2) is 3.88. The van der Waals surface area contributed by atoms with Gasteiger partial charge in [-0.25, -0.2) is 0 Å². The third kappa shape index (κ3) is 2.17. The molecule has 3 N–H and O–H groups in total. The summed E-state index contributed by atoms with van der Waals surface area (Å²) in [6.07, 6.45) is 2.45. The fourth-order valence-electron chi connectivity index (χ4n) is 1.43. The lowest BCUT2D eigenvalue weighted by molar-refractivity contribution is 0.760. The Morgan fingerprint density at radius 3 is 3.21 bits per heavy atom. The molecule has 1 aliphatic rings. The minimum Gasteiger partial charge on any atom is -0.379 e. The number of amidine groups is 1. The molecular weight excluding hydrogens is 198 g/mol. The Kier molecular flexibility index (Phi) is 2.58. The molecule has 1 aromatic heterocycles. The molecule has 0 spiro atoms. The van der Waals surface area contributed by atoms with Crippen LogP contribution in [0.25, 0.3) is 0 Å². The summed E-state index contributed by atoms with van der Waals surface area (Å²) in [5.74, 6) is 0.915. The molecule has 14 heavy (non-hydrogen) atoms. The van der Waals surface area contributed by atoms with E-state index < -0.39 is 0 Å². The molecule has 0 bridgehead atoms. The summed E-state index contributed by atoms with van der Waals surface area (Å²) in [5, 5.41) is 0.653. The first-order chi connectivity index (χ1) is 6.74. The number of rotatable bonds is 2. The van der Waals surface area contributed by atoms with E-state index in [1.54, 1.807) is 24.0 Å². The summed E-state index contributed by atoms with van der Waals surface area (Å²) in [6, 6.07) is 3.73. The predicted molar refractivity (Wildman–Crippen MR) is 58.6 cm³/mol. The van der Waals surface area contributed by atoms with E-state index in [-0.39, 0.29) is 11.6 Å². The number of pyridine rings is 1. The Balaban J connectivity index is 2.08. The second-order valence-electron chi connectivity index (χ2n) is 3.20. The first kappa shape index (κ1) is 9.33. The van der Waals surface area contributed by atoms with Crippen molar-refractivity contribution in [1.82, 2.24) is 4.98 Å². The van der Waals surface area contributed by atoms with Gasteiger partial charge in [0.25, 0.3) is 0 Å². The van der Waals surface area contributed by atoms with Crippen LogP contribution in [0.4, 0.5) is 0 Å². The number of hydrogen-bond donors (Lipinski definition) is 2. The molecule has 0 unspecified atom stereocenters. The van der Waals surface area contributed by atoms with Crippen molar-refractivity contribution in [2.75, 3.05) is 5.75 Å². The Labute approximate surface area is 85.6 Å². The molecule has 1 atom stereocenters. The summed E-state index contributed by atoms with van der Waals surface area (Å²) in [6.45, 7) is 0. The van der Waals surface area contributed by atoms with Crippen LogP contribution in [-0.2, 0) is 6.42 Å². The molecule has 0 saturated heterocycles. The Bertz CT molecular complexity index is 413. The number of aliphatic imine (C=N–C) groups is 1. The quantitative estimate of drug-likeness (QED) is 0.738. The fourth-order valence-corrected chi connectivity index (χ4v) is 2.21. The van der Waals surface area contributed by atoms with Crippen molar-refractivity contribution < 1.29 is 0 Å². The van der Waals surface area contributed by atoms with Gasteiger partial charge in [-0.2, -0.15) is 0 Å². The maximum Gasteiger partial charge on any atom is 0.248 e. The maximum atomic E-state index is 11.0. The van der Waals surface area contributed by atoms with Crippen LogP contribution in [0.2, 0.25) is 0 Å². The zero-order chi connectivity index (χ0) is 9.97. The first-order valence-corrected chi connectivity index (χ1v) is 5.36. The lowest BCUT2D eigenvalue weighted by Gasteiger charge is -2.04. The van der Waals surface area contributed by atoms with E-state index in [4.69, 9.17) is 5.73 Å². The van der Waals surface area contributed by atoms with Gasteiger partial charge in [-0.15, -0.1) is 0 Å². The number of aromatic nitrogens is 1. The third-order valence-corrected chi connectivity index (χ3v) is 3.00. The van der Waals surface area contributed by atoms with Crippen molar-refractivity contribution in [2.24, 2.45) is 10.7 Å². The number of thioether (sulfide) groups is 1. The van der Waals surface area contributed by atoms with Crippen LogP contribution >= 0.6 is 11.8 Å². The van der Waals surface area contributed by atoms with Crippen LogP contribution in [0.1, 0.15) is 5.56 Å². The van der Waals surface area contributed by atoms with Crippen molar-refractivity contribution in [3.8, 4) is 0 Å². The van der Waals surface area contributed by atoms with Gasteiger partial charge in [-0.3, -0.25) is 9.79 Å². The molecule has 0 fully saturated rings. The van der Waals surface area contributed by atoms with Gasteiger partial charge < -0.3 is 10.7 Å². The molecule has 5 heteroatoms. The van der Waals surface area contributed by atoms with Gasteiger partial charge in [0, 0.05) is 18.0 Å². The van der Waals surface area contributed by atoms with Gasteiger partial charge in [-0.05, 0) is 18.1 Å². The van der Waals surface area contributed by atoms with Crippen molar-refractivity contribution in [3.63, 3.8) is 0 Å². The van der Waals surface area contributed by atoms with E-state index in [2.05, 4.69) is 9.98 Å². The Morgan fingerprint density at radius 1 is 1.71 bits per heavy atom. The summed E-state index contributed by atoms with van der Waals surface area (Å²) >= 11 is 1.57. The van der Waals surface area contributed by atoms with Crippen LogP contribution in [0.5, 0.6) is 0 Å². The molecule has 0 aromatic carbocycles. The molecule has 0 aliphatic carbocycles. The number of nitrogens with zero attached hydrogens (tertiary/aromatic N) is 1. The lowest BCUT2D eigenvalue weighted by Crippen LogP contribution is -2.11. The van der Waals surface area contributed by atoms with Crippen LogP contribution in [0.3, 0.4) is 0 Å². The zero-order valence-corrected chi connectivity index (χ0v) is 8.38. The van der Waals surface area contributed by atoms with Gasteiger partial charge in [-0.1, -0.05) is 11.8 Å². The molecule has 2 rings (SSSR count). The molecule has 1 aromatic rings. The van der Waals surface area contributed by atoms with Crippen LogP contribution in [-0.4, -0.2) is 21.9 Å². The van der Waals surface area contributed by atoms with Gasteiger partial charge in [0.1, 0.15) is 0 Å². The van der Waals surface area contributed by atoms with E-state index in [9.17, 15) is 4.79 Å². The van der Waals surface area contributed by atoms with Crippen molar-refractivity contribution in [1.29, 1.82) is 0 Å². The number of hydrogen-bond acceptors (Lipinski definition) is 4. The summed E-state index contributed by atoms with van der Waals surface area (Å²) in [4.78, 5) is 17.8. The zero-order valence-electron chi connectivity index (χ0n) is 7.56. The minimum atomic E-state index is -0.0647. The van der Waals surface area contributed by atoms with E-state index in [0.717, 1.165) is 17.7 Å². The summed E-state index contributed by atoms with van der Waals surface area (Å²) in [7, 11) is 0. The molecule has 2 heterocycles. The first-order valence-electron chi connectivity index (χ1n) is 4.38. The highest BCUT2D eigenvalue weighted by Crippen LogP contribution is 2.17. The van der Waals surface area contributed by atoms with E-state index in [0.29, 0.717) is 5.17 Å². The van der Waals surface area contributed by atoms with Crippen molar-refractivity contribution in [2.45, 2.75) is 12.5 Å². The van der Waals surface area contributed by atoms with Gasteiger partial charge >= 0.3 is 0 Å². The second-order valence-corrected chi connectivity index (χ2v) is 4.24. The minimum absolute atomic E-state index is 0.0647. The largest absolute Gasteiger partial charge is 0.379 e. The summed E-state index contributed by atoms with van der Waals surface area (Å²) in [5.41, 5.74) is 6.50. The average molecular weight is 209 g/mol. The SMILES string of the molecule is NC1=N[C@H](Cc2cc[nH]c(=O)c2)CS1. The highest BCUT2D eigenvalue weighted by atomic mass is 32.2. The van der Waals surface area contributed by atoms with Crippen LogP contribution < -0.4 is 11.3 Å². The third-order valence-electron chi connectivity index (χ3n) is 2.04. The molecule has 0 saturated carbocycles. The number of nitrogens with one attached hydrogen (secondary N) is 1. The van der Waals surface area contributed by atoms with E-state index in [1.165, 1.54) is 0 Å². The molecule has 0 radical (unpaired) electrons. The van der Waals surface area contributed by atoms with E-state index >= 15 is 0 Å². The number of aromatic amines is 1. The topological polar surface area (TPSA) is 71.2 Å². The highest BCUT2D eigenvalue weighted by Gasteiger charge is 2.16. The Morgan fingerprint density at radius 2 is 2.57 bits per heavy atom. The van der Waals surface area contributed by atoms with Crippen molar-refractivity contribution >= 4 is 16.9 Å². The smallest absolute Gasteiger partial charge is 0.248 e. The predicted octanol–water partition coefficient (Wildman–Crippen LogP) is 0.348. The average Bonchev–Trinajstić information content (AvgIpc) is 2.51. The van der Waals surface area contributed by atoms with Crippen LogP contribution in [0, 0.1) is 0 Å². The monoisotopic (exact) mass is 209 g/mol. The fraction of sp³-hybridized carbons (Fsp3) is 0.333. The van der Waals surface area contributed by atoms with E-state index in [1.807, 2.05) is 6.07 Å². The molecule has 74 valence electrons. The summed E-state index contributed by atoms with van der Waals surface area (Å²) < 4.78 is 0. The van der Waals surface area contributed by atoms with Crippen LogP contribution in [0.15, 0.2) is 28.1 Å². The normalized spacial score (nSPS) is 20.9. The van der Waals surface area contributed by atoms with Gasteiger partial charge in [0.2, 0.25) is 5.56 Å². The molecular formula is C9H11N3OS. The molecule has 4 nitrogen and oxygen atoms in total. The number of H-pyrrole nitrogens is 1. The standard InChI is InChI=1S/C9H11N3OS/c10-9-12-7(5-14-9)3-6-1-2-11-8(13)4-6/h1-2,4,7H,3,5H2,(H2,10,12)(H,11,13)/t7-/m1/s1. The number of nitrogens with two attached hydrogens (primary N) is 1. The lowest BCUT2D eigenvalue weighted by atomic mass is 10.1. The maximum absolute atomic E-state index is 11.0. The Hall–Kier alpha value is -1.23. The molecule has 0 amide bonds.